The van der Waals surface area contributed by atoms with Gasteiger partial charge in [0, 0.05) is 6.08 Å². The second-order valence-electron chi connectivity index (χ2n) is 6.41. The summed E-state index contributed by atoms with van der Waals surface area (Å²) in [6, 6.07) is 7.82. The van der Waals surface area contributed by atoms with Gasteiger partial charge < -0.3 is 34.6 Å². The van der Waals surface area contributed by atoms with Gasteiger partial charge in [0.2, 0.25) is 0 Å². The van der Waals surface area contributed by atoms with Crippen LogP contribution >= 0.6 is 11.8 Å². The minimum absolute atomic E-state index is 0.135. The average molecular weight is 385 g/mol. The second-order valence-corrected chi connectivity index (χ2v) is 7.56. The van der Waals surface area contributed by atoms with Crippen LogP contribution in [-0.4, -0.2) is 80.9 Å². The highest BCUT2D eigenvalue weighted by molar-refractivity contribution is 8.03. The highest BCUT2D eigenvalue weighted by atomic mass is 32.2. The molecule has 7 atom stereocenters. The molecule has 0 spiro atoms. The van der Waals surface area contributed by atoms with Crippen LogP contribution in [0.25, 0.3) is 0 Å². The molecule has 2 aliphatic heterocycles. The molecule has 8 heteroatoms. The molecular weight excluding hydrogens is 360 g/mol. The molecule has 5 N–H and O–H groups in total. The summed E-state index contributed by atoms with van der Waals surface area (Å²) in [6.07, 6.45) is -3.57. The molecule has 0 saturated carbocycles. The maximum absolute atomic E-state index is 10.2. The minimum Gasteiger partial charge on any atom is -0.497 e. The molecule has 1 aromatic rings. The van der Waals surface area contributed by atoms with Crippen molar-refractivity contribution >= 4 is 11.8 Å². The van der Waals surface area contributed by atoms with E-state index in [9.17, 15) is 20.4 Å². The number of benzene rings is 1. The molecule has 1 saturated heterocycles. The van der Waals surface area contributed by atoms with Crippen LogP contribution in [-0.2, 0) is 11.2 Å². The van der Waals surface area contributed by atoms with Gasteiger partial charge in [-0.2, -0.15) is 0 Å². The molecule has 0 bridgehead atoms. The number of hydrogen-bond acceptors (Lipinski definition) is 7. The Bertz CT molecular complexity index is 606. The average Bonchev–Trinajstić information content (AvgIpc) is 3.09. The molecule has 7 nitrogen and oxygen atoms in total. The van der Waals surface area contributed by atoms with Crippen LogP contribution < -0.4 is 4.74 Å². The van der Waals surface area contributed by atoms with E-state index >= 15 is 0 Å². The van der Waals surface area contributed by atoms with Crippen molar-refractivity contribution in [1.29, 1.82) is 0 Å². The van der Waals surface area contributed by atoms with Crippen LogP contribution in [0.2, 0.25) is 0 Å². The Hall–Kier alpha value is -1.13. The van der Waals surface area contributed by atoms with Crippen molar-refractivity contribution in [2.24, 2.45) is 0 Å². The molecule has 1 fully saturated rings. The first-order valence-electron chi connectivity index (χ1n) is 8.49. The lowest BCUT2D eigenvalue weighted by Crippen LogP contribution is -2.61. The van der Waals surface area contributed by atoms with E-state index in [1.54, 1.807) is 18.9 Å². The zero-order chi connectivity index (χ0) is 18.7. The molecule has 2 aliphatic rings. The van der Waals surface area contributed by atoms with Crippen LogP contribution in [0.4, 0.5) is 0 Å². The lowest BCUT2D eigenvalue weighted by molar-refractivity contribution is -0.359. The van der Waals surface area contributed by atoms with Gasteiger partial charge in [-0.25, -0.2) is 0 Å². The Labute approximate surface area is 156 Å². The summed E-state index contributed by atoms with van der Waals surface area (Å²) in [4.78, 5) is 0. The molecule has 144 valence electrons. The maximum Gasteiger partial charge on any atom is 0.295 e. The van der Waals surface area contributed by atoms with Crippen molar-refractivity contribution in [3.63, 3.8) is 0 Å². The van der Waals surface area contributed by atoms with Gasteiger partial charge in [0.15, 0.2) is 12.2 Å². The number of rotatable bonds is 6. The standard InChI is InChI=1S/C18H24O7S/c1-23-11-4-2-10(3-5-11)8-14-12(6-7-26-14)24-18-17(22)16(21)15(20)13(9-19)25-18/h2-7,12-22H,8-9H2,1H3/p+1. The Balaban J connectivity index is 1.63. The summed E-state index contributed by atoms with van der Waals surface area (Å²) in [5, 5.41) is 41.3. The lowest BCUT2D eigenvalue weighted by Gasteiger charge is -2.38. The van der Waals surface area contributed by atoms with Gasteiger partial charge in [-0.15, -0.1) is 11.8 Å². The monoisotopic (exact) mass is 385 g/mol. The summed E-state index contributed by atoms with van der Waals surface area (Å²) in [5.74, 6) is 0.800. The maximum atomic E-state index is 10.2. The molecule has 0 radical (unpaired) electrons. The van der Waals surface area contributed by atoms with Gasteiger partial charge in [-0.05, 0) is 29.5 Å². The van der Waals surface area contributed by atoms with E-state index in [0.29, 0.717) is 0 Å². The zero-order valence-corrected chi connectivity index (χ0v) is 15.2. The van der Waals surface area contributed by atoms with E-state index in [0.717, 1.165) is 17.7 Å². The van der Waals surface area contributed by atoms with E-state index in [2.05, 4.69) is 4.74 Å². The molecule has 3 rings (SSSR count). The van der Waals surface area contributed by atoms with Gasteiger partial charge in [-0.3, -0.25) is 0 Å². The van der Waals surface area contributed by atoms with Crippen LogP contribution in [0.1, 0.15) is 5.56 Å². The molecule has 26 heavy (non-hydrogen) atoms. The Morgan fingerprint density at radius 3 is 2.50 bits per heavy atom. The molecular formula is C18H25O7S+. The van der Waals surface area contributed by atoms with Crippen LogP contribution in [0.3, 0.4) is 0 Å². The summed E-state index contributed by atoms with van der Waals surface area (Å²) < 4.78 is 15.2. The Kier molecular flexibility index (Phi) is 6.57. The highest BCUT2D eigenvalue weighted by Gasteiger charge is 2.48. The molecule has 1 aromatic carbocycles. The molecule has 2 heterocycles. The first kappa shape index (κ1) is 19.6. The van der Waals surface area contributed by atoms with Crippen molar-refractivity contribution < 1.29 is 34.6 Å². The van der Waals surface area contributed by atoms with E-state index in [-0.39, 0.29) is 11.4 Å². The summed E-state index contributed by atoms with van der Waals surface area (Å²) in [6.45, 7) is -0.457. The Morgan fingerprint density at radius 2 is 1.85 bits per heavy atom. The van der Waals surface area contributed by atoms with Crippen molar-refractivity contribution in [3.05, 3.63) is 41.3 Å². The van der Waals surface area contributed by atoms with Crippen LogP contribution in [0.5, 0.6) is 5.75 Å². The number of ether oxygens (including phenoxy) is 3. The number of thioether (sulfide) groups is 1. The highest BCUT2D eigenvalue weighted by Crippen LogP contribution is 2.32. The molecule has 0 aliphatic carbocycles. The van der Waals surface area contributed by atoms with E-state index in [1.807, 2.05) is 35.7 Å². The quantitative estimate of drug-likeness (QED) is 0.491. The molecule has 0 aromatic heterocycles. The predicted octanol–water partition coefficient (Wildman–Crippen LogP) is -0.437. The summed E-state index contributed by atoms with van der Waals surface area (Å²) in [5.41, 5.74) is 1.14. The fraction of sp³-hybridized carbons (Fsp3) is 0.556. The Morgan fingerprint density at radius 1 is 1.12 bits per heavy atom. The third-order valence-corrected chi connectivity index (χ3v) is 5.80. The van der Waals surface area contributed by atoms with Crippen molar-refractivity contribution in [2.75, 3.05) is 13.7 Å². The van der Waals surface area contributed by atoms with Crippen molar-refractivity contribution in [3.8, 4) is 5.75 Å². The molecule has 0 amide bonds. The lowest BCUT2D eigenvalue weighted by atomic mass is 9.99. The first-order chi connectivity index (χ1) is 12.5. The van der Waals surface area contributed by atoms with Gasteiger partial charge in [0.25, 0.3) is 6.29 Å². The number of hydrogen-bond donors (Lipinski definition) is 4. The van der Waals surface area contributed by atoms with E-state index < -0.39 is 37.3 Å². The minimum atomic E-state index is -1.41. The van der Waals surface area contributed by atoms with E-state index in [1.165, 1.54) is 0 Å². The van der Waals surface area contributed by atoms with E-state index in [4.69, 9.17) is 9.47 Å². The predicted molar refractivity (Wildman–Crippen MR) is 97.0 cm³/mol. The number of methoxy groups -OCH3 is 1. The van der Waals surface area contributed by atoms with Crippen LogP contribution in [0.15, 0.2) is 35.7 Å². The fourth-order valence-electron chi connectivity index (χ4n) is 3.11. The number of aliphatic hydroxyl groups is 6. The summed E-state index contributed by atoms with van der Waals surface area (Å²) >= 11 is 1.65. The number of aliphatic hydroxyl groups excluding tert-OH is 4. The fourth-order valence-corrected chi connectivity index (χ4v) is 4.18. The smallest absolute Gasteiger partial charge is 0.295 e. The second kappa shape index (κ2) is 8.71. The summed E-state index contributed by atoms with van der Waals surface area (Å²) in [7, 11) is 1.63. The SMILES string of the molecule is COc1ccc(CC2SC=CC2[OH+]C2OC(CO)C(O)C(O)C2O)cc1. The normalized spacial score (nSPS) is 37.0. The van der Waals surface area contributed by atoms with Gasteiger partial charge >= 0.3 is 0 Å². The third-order valence-electron chi connectivity index (χ3n) is 4.69. The molecule has 7 unspecified atom stereocenters. The largest absolute Gasteiger partial charge is 0.497 e. The van der Waals surface area contributed by atoms with Gasteiger partial charge in [0.1, 0.15) is 24.1 Å². The van der Waals surface area contributed by atoms with Gasteiger partial charge in [0.05, 0.1) is 19.0 Å². The van der Waals surface area contributed by atoms with Crippen molar-refractivity contribution in [1.82, 2.24) is 0 Å². The topological polar surface area (TPSA) is 112 Å². The van der Waals surface area contributed by atoms with Crippen molar-refractivity contribution in [2.45, 2.75) is 48.5 Å². The zero-order valence-electron chi connectivity index (χ0n) is 14.4. The van der Waals surface area contributed by atoms with Crippen LogP contribution in [0, 0.1) is 0 Å². The first-order valence-corrected chi connectivity index (χ1v) is 9.43. The third kappa shape index (κ3) is 4.23. The van der Waals surface area contributed by atoms with Gasteiger partial charge in [-0.1, -0.05) is 12.1 Å².